The van der Waals surface area contributed by atoms with E-state index in [4.69, 9.17) is 4.74 Å². The first-order chi connectivity index (χ1) is 11.7. The fourth-order valence-corrected chi connectivity index (χ4v) is 3.35. The van der Waals surface area contributed by atoms with E-state index in [-0.39, 0.29) is 17.6 Å². The first-order valence-corrected chi connectivity index (χ1v) is 9.18. The minimum Gasteiger partial charge on any atom is -0.383 e. The minimum atomic E-state index is -0.0572. The zero-order valence-corrected chi connectivity index (χ0v) is 14.9. The number of ether oxygens (including phenoxy) is 1. The Morgan fingerprint density at radius 1 is 1.29 bits per heavy atom. The van der Waals surface area contributed by atoms with Crippen LogP contribution in [0.2, 0.25) is 0 Å². The molecule has 1 fully saturated rings. The fourth-order valence-electron chi connectivity index (χ4n) is 2.48. The molecule has 0 unspecified atom stereocenters. The Labute approximate surface area is 147 Å². The number of benzene rings is 1. The van der Waals surface area contributed by atoms with E-state index in [2.05, 4.69) is 10.6 Å². The van der Waals surface area contributed by atoms with Crippen molar-refractivity contribution in [1.82, 2.24) is 15.5 Å². The average molecular weight is 351 g/mol. The lowest BCUT2D eigenvalue weighted by Crippen LogP contribution is -2.34. The van der Waals surface area contributed by atoms with Crippen molar-refractivity contribution in [1.29, 1.82) is 0 Å². The number of carbonyl (C=O) groups excluding carboxylic acids is 2. The van der Waals surface area contributed by atoms with Crippen molar-refractivity contribution in [3.63, 3.8) is 0 Å². The Bertz CT molecular complexity index is 546. The van der Waals surface area contributed by atoms with Crippen LogP contribution in [0, 0.1) is 0 Å². The molecule has 0 bridgehead atoms. The highest BCUT2D eigenvalue weighted by atomic mass is 32.2. The predicted molar refractivity (Wildman–Crippen MR) is 95.4 cm³/mol. The second-order valence-corrected chi connectivity index (χ2v) is 6.54. The maximum absolute atomic E-state index is 12.8. The molecule has 0 spiro atoms. The normalized spacial score (nSPS) is 15.0. The van der Waals surface area contributed by atoms with Crippen molar-refractivity contribution < 1.29 is 14.3 Å². The lowest BCUT2D eigenvalue weighted by Gasteiger charge is -2.21. The molecule has 0 atom stereocenters. The van der Waals surface area contributed by atoms with Crippen molar-refractivity contribution in [3.05, 3.63) is 29.8 Å². The smallest absolute Gasteiger partial charge is 0.255 e. The van der Waals surface area contributed by atoms with Gasteiger partial charge in [-0.15, -0.1) is 11.8 Å². The van der Waals surface area contributed by atoms with Gasteiger partial charge < -0.3 is 20.3 Å². The molecule has 1 aliphatic rings. The Hall–Kier alpha value is -1.57. The van der Waals surface area contributed by atoms with Gasteiger partial charge in [-0.3, -0.25) is 9.59 Å². The van der Waals surface area contributed by atoms with Crippen LogP contribution in [0.1, 0.15) is 16.8 Å². The molecule has 132 valence electrons. The maximum Gasteiger partial charge on any atom is 0.255 e. The van der Waals surface area contributed by atoms with Crippen molar-refractivity contribution in [2.45, 2.75) is 11.3 Å². The van der Waals surface area contributed by atoms with Gasteiger partial charge in [0.2, 0.25) is 5.91 Å². The molecule has 0 aromatic heterocycles. The van der Waals surface area contributed by atoms with E-state index in [9.17, 15) is 9.59 Å². The Morgan fingerprint density at radius 2 is 2.12 bits per heavy atom. The first kappa shape index (κ1) is 18.8. The molecule has 2 amide bonds. The van der Waals surface area contributed by atoms with Crippen molar-refractivity contribution in [3.8, 4) is 0 Å². The van der Waals surface area contributed by atoms with Crippen LogP contribution in [-0.4, -0.2) is 68.9 Å². The molecule has 1 saturated heterocycles. The molecule has 2 N–H and O–H groups in total. The quantitative estimate of drug-likeness (QED) is 0.566. The molecule has 6 nitrogen and oxygen atoms in total. The number of hydrogen-bond acceptors (Lipinski definition) is 5. The van der Waals surface area contributed by atoms with Crippen LogP contribution in [0.5, 0.6) is 0 Å². The third kappa shape index (κ3) is 5.81. The van der Waals surface area contributed by atoms with Gasteiger partial charge in [0.05, 0.1) is 17.9 Å². The zero-order chi connectivity index (χ0) is 17.2. The summed E-state index contributed by atoms with van der Waals surface area (Å²) in [6.07, 6.45) is 0.961. The lowest BCUT2D eigenvalue weighted by molar-refractivity contribution is -0.118. The summed E-state index contributed by atoms with van der Waals surface area (Å²) < 4.78 is 4.91. The second kappa shape index (κ2) is 10.3. The van der Waals surface area contributed by atoms with E-state index in [1.54, 1.807) is 7.11 Å². The second-order valence-electron chi connectivity index (χ2n) is 5.52. The maximum atomic E-state index is 12.8. The topological polar surface area (TPSA) is 70.7 Å². The molecular weight excluding hydrogens is 326 g/mol. The summed E-state index contributed by atoms with van der Waals surface area (Å²) in [5.41, 5.74) is 0.675. The number of thioether (sulfide) groups is 1. The highest BCUT2D eigenvalue weighted by Crippen LogP contribution is 2.24. The summed E-state index contributed by atoms with van der Waals surface area (Å²) in [7, 11) is 1.60. The summed E-state index contributed by atoms with van der Waals surface area (Å²) in [6.45, 7) is 4.24. The summed E-state index contributed by atoms with van der Waals surface area (Å²) in [6, 6.07) is 7.50. The molecular formula is C17H25N3O3S. The largest absolute Gasteiger partial charge is 0.383 e. The Balaban J connectivity index is 1.96. The number of nitrogens with zero attached hydrogens (tertiary/aromatic N) is 1. The number of amides is 2. The van der Waals surface area contributed by atoms with Gasteiger partial charge in [-0.1, -0.05) is 12.1 Å². The molecule has 1 heterocycles. The first-order valence-electron chi connectivity index (χ1n) is 8.20. The standard InChI is InChI=1S/C17H25N3O3S/c1-23-12-9-19-16(21)13-24-15-6-3-2-5-14(15)17(22)20-10-4-7-18-8-11-20/h2-3,5-6,18H,4,7-13H2,1H3,(H,19,21). The van der Waals surface area contributed by atoms with E-state index >= 15 is 0 Å². The van der Waals surface area contributed by atoms with Crippen LogP contribution in [0.4, 0.5) is 0 Å². The number of carbonyl (C=O) groups is 2. The molecule has 2 rings (SSSR count). The number of nitrogens with one attached hydrogen (secondary N) is 2. The highest BCUT2D eigenvalue weighted by molar-refractivity contribution is 8.00. The van der Waals surface area contributed by atoms with Gasteiger partial charge in [-0.05, 0) is 25.1 Å². The van der Waals surface area contributed by atoms with E-state index in [0.717, 1.165) is 37.5 Å². The minimum absolute atomic E-state index is 0.0431. The Kier molecular flexibility index (Phi) is 8.07. The lowest BCUT2D eigenvalue weighted by atomic mass is 10.2. The summed E-state index contributed by atoms with van der Waals surface area (Å²) in [5.74, 6) is 0.273. The van der Waals surface area contributed by atoms with Crippen LogP contribution >= 0.6 is 11.8 Å². The molecule has 7 heteroatoms. The fraction of sp³-hybridized carbons (Fsp3) is 0.529. The zero-order valence-electron chi connectivity index (χ0n) is 14.0. The van der Waals surface area contributed by atoms with E-state index in [1.165, 1.54) is 11.8 Å². The molecule has 1 aromatic carbocycles. The summed E-state index contributed by atoms with van der Waals surface area (Å²) in [4.78, 5) is 27.4. The Morgan fingerprint density at radius 3 is 2.96 bits per heavy atom. The van der Waals surface area contributed by atoms with E-state index in [1.807, 2.05) is 29.2 Å². The van der Waals surface area contributed by atoms with Crippen LogP contribution < -0.4 is 10.6 Å². The van der Waals surface area contributed by atoms with Gasteiger partial charge in [0.1, 0.15) is 0 Å². The van der Waals surface area contributed by atoms with Crippen LogP contribution in [0.25, 0.3) is 0 Å². The monoisotopic (exact) mass is 351 g/mol. The van der Waals surface area contributed by atoms with Crippen LogP contribution in [-0.2, 0) is 9.53 Å². The van der Waals surface area contributed by atoms with Crippen LogP contribution in [0.15, 0.2) is 29.2 Å². The molecule has 1 aromatic rings. The van der Waals surface area contributed by atoms with Gasteiger partial charge in [0.15, 0.2) is 0 Å². The van der Waals surface area contributed by atoms with E-state index < -0.39 is 0 Å². The highest BCUT2D eigenvalue weighted by Gasteiger charge is 2.20. The van der Waals surface area contributed by atoms with Crippen molar-refractivity contribution >= 4 is 23.6 Å². The average Bonchev–Trinajstić information content (AvgIpc) is 2.89. The molecule has 0 radical (unpaired) electrons. The molecule has 0 aliphatic carbocycles. The third-order valence-corrected chi connectivity index (χ3v) is 4.81. The SMILES string of the molecule is COCCNC(=O)CSc1ccccc1C(=O)N1CCCNCC1. The summed E-state index contributed by atoms with van der Waals surface area (Å²) in [5, 5.41) is 6.09. The van der Waals surface area contributed by atoms with Gasteiger partial charge in [-0.25, -0.2) is 0 Å². The third-order valence-electron chi connectivity index (χ3n) is 3.73. The molecule has 0 saturated carbocycles. The van der Waals surface area contributed by atoms with Crippen LogP contribution in [0.3, 0.4) is 0 Å². The van der Waals surface area contributed by atoms with E-state index in [0.29, 0.717) is 18.7 Å². The van der Waals surface area contributed by atoms with Crippen molar-refractivity contribution in [2.75, 3.05) is 52.2 Å². The number of methoxy groups -OCH3 is 1. The predicted octanol–water partition coefficient (Wildman–Crippen LogP) is 0.977. The van der Waals surface area contributed by atoms with Crippen molar-refractivity contribution in [2.24, 2.45) is 0 Å². The number of hydrogen-bond donors (Lipinski definition) is 2. The number of rotatable bonds is 7. The van der Waals surface area contributed by atoms with Gasteiger partial charge in [-0.2, -0.15) is 0 Å². The van der Waals surface area contributed by atoms with Gasteiger partial charge in [0.25, 0.3) is 5.91 Å². The molecule has 24 heavy (non-hydrogen) atoms. The molecule has 1 aliphatic heterocycles. The summed E-state index contributed by atoms with van der Waals surface area (Å²) >= 11 is 1.39. The van der Waals surface area contributed by atoms with Gasteiger partial charge >= 0.3 is 0 Å². The van der Waals surface area contributed by atoms with Gasteiger partial charge in [0, 0.05) is 38.2 Å².